The molecule has 0 saturated heterocycles. The van der Waals surface area contributed by atoms with Gasteiger partial charge in [-0.1, -0.05) is 6.07 Å². The van der Waals surface area contributed by atoms with Gasteiger partial charge in [0.1, 0.15) is 6.04 Å². The lowest BCUT2D eigenvalue weighted by Crippen LogP contribution is -2.38. The Kier molecular flexibility index (Phi) is 2.07. The Bertz CT molecular complexity index is 442. The second-order valence-corrected chi connectivity index (χ2v) is 3.45. The molecule has 4 N–H and O–H groups in total. The van der Waals surface area contributed by atoms with Gasteiger partial charge in [0.25, 0.3) is 5.91 Å². The van der Waals surface area contributed by atoms with Gasteiger partial charge in [-0.3, -0.25) is 9.59 Å². The van der Waals surface area contributed by atoms with Crippen molar-refractivity contribution < 1.29 is 9.59 Å². The second kappa shape index (κ2) is 3.27. The van der Waals surface area contributed by atoms with Crippen molar-refractivity contribution in [2.45, 2.75) is 13.0 Å². The highest BCUT2D eigenvalue weighted by molar-refractivity contribution is 6.12. The van der Waals surface area contributed by atoms with Gasteiger partial charge in [0, 0.05) is 5.69 Å². The molecule has 2 rings (SSSR count). The number of hydrogen-bond acceptors (Lipinski definition) is 3. The summed E-state index contributed by atoms with van der Waals surface area (Å²) in [6.45, 7) is 1.62. The zero-order valence-electron chi connectivity index (χ0n) is 8.20. The highest BCUT2D eigenvalue weighted by atomic mass is 16.2. The third kappa shape index (κ3) is 1.52. The van der Waals surface area contributed by atoms with Gasteiger partial charge < -0.3 is 16.4 Å². The molecule has 1 aliphatic heterocycles. The van der Waals surface area contributed by atoms with Crippen LogP contribution in [0, 0.1) is 0 Å². The van der Waals surface area contributed by atoms with E-state index in [1.807, 2.05) is 0 Å². The Morgan fingerprint density at radius 2 is 2.07 bits per heavy atom. The van der Waals surface area contributed by atoms with E-state index in [1.165, 1.54) is 0 Å². The van der Waals surface area contributed by atoms with Crippen molar-refractivity contribution in [3.63, 3.8) is 0 Å². The molecule has 15 heavy (non-hydrogen) atoms. The highest BCUT2D eigenvalue weighted by Crippen LogP contribution is 2.23. The van der Waals surface area contributed by atoms with Crippen molar-refractivity contribution in [3.05, 3.63) is 23.8 Å². The van der Waals surface area contributed by atoms with E-state index in [0.29, 0.717) is 16.9 Å². The number of carbonyl (C=O) groups excluding carboxylic acids is 2. The maximum Gasteiger partial charge on any atom is 0.256 e. The average Bonchev–Trinajstić information content (AvgIpc) is 2.26. The molecule has 1 aliphatic rings. The third-order valence-corrected chi connectivity index (χ3v) is 2.32. The summed E-state index contributed by atoms with van der Waals surface area (Å²) in [5.41, 5.74) is 6.83. The topological polar surface area (TPSA) is 84.2 Å². The minimum atomic E-state index is -0.552. The molecule has 2 amide bonds. The second-order valence-electron chi connectivity index (χ2n) is 3.45. The lowest BCUT2D eigenvalue weighted by atomic mass is 10.1. The van der Waals surface area contributed by atoms with Crippen molar-refractivity contribution >= 4 is 23.2 Å². The van der Waals surface area contributed by atoms with E-state index >= 15 is 0 Å². The van der Waals surface area contributed by atoms with E-state index in [0.717, 1.165) is 0 Å². The lowest BCUT2D eigenvalue weighted by molar-refractivity contribution is -0.117. The van der Waals surface area contributed by atoms with Gasteiger partial charge in [0.05, 0.1) is 11.3 Å². The predicted octanol–water partition coefficient (Wildman–Crippen LogP) is 0.339. The van der Waals surface area contributed by atoms with E-state index < -0.39 is 6.04 Å². The molecule has 5 nitrogen and oxygen atoms in total. The average molecular weight is 205 g/mol. The van der Waals surface area contributed by atoms with Crippen molar-refractivity contribution in [1.82, 2.24) is 5.32 Å². The number of nitrogen functional groups attached to an aromatic ring is 1. The number of benzene rings is 1. The fourth-order valence-electron chi connectivity index (χ4n) is 1.50. The molecule has 0 unspecified atom stereocenters. The van der Waals surface area contributed by atoms with Crippen LogP contribution in [0.1, 0.15) is 17.3 Å². The summed E-state index contributed by atoms with van der Waals surface area (Å²) in [6.07, 6.45) is 0. The van der Waals surface area contributed by atoms with Crippen molar-refractivity contribution in [1.29, 1.82) is 0 Å². The van der Waals surface area contributed by atoms with Crippen molar-refractivity contribution in [2.24, 2.45) is 0 Å². The molecular formula is C10H11N3O2. The zero-order valence-corrected chi connectivity index (χ0v) is 8.20. The summed E-state index contributed by atoms with van der Waals surface area (Å²) < 4.78 is 0. The minimum Gasteiger partial charge on any atom is -0.398 e. The van der Waals surface area contributed by atoms with Crippen LogP contribution < -0.4 is 16.4 Å². The van der Waals surface area contributed by atoms with E-state index in [1.54, 1.807) is 25.1 Å². The van der Waals surface area contributed by atoms with Crippen molar-refractivity contribution in [2.75, 3.05) is 11.1 Å². The van der Waals surface area contributed by atoms with Gasteiger partial charge in [-0.25, -0.2) is 0 Å². The van der Waals surface area contributed by atoms with Crippen LogP contribution in [0.4, 0.5) is 11.4 Å². The molecule has 78 valence electrons. The summed E-state index contributed by atoms with van der Waals surface area (Å²) in [4.78, 5) is 23.2. The summed E-state index contributed by atoms with van der Waals surface area (Å²) in [5.74, 6) is -0.568. The Morgan fingerprint density at radius 3 is 2.80 bits per heavy atom. The molecule has 0 saturated carbocycles. The summed E-state index contributed by atoms with van der Waals surface area (Å²) in [6, 6.07) is 4.42. The minimum absolute atomic E-state index is 0.243. The molecule has 0 fully saturated rings. The molecule has 5 heteroatoms. The van der Waals surface area contributed by atoms with Gasteiger partial charge >= 0.3 is 0 Å². The van der Waals surface area contributed by atoms with Crippen LogP contribution in [0.5, 0.6) is 0 Å². The molecule has 0 aromatic heterocycles. The summed E-state index contributed by atoms with van der Waals surface area (Å²) in [5, 5.41) is 5.20. The molecular weight excluding hydrogens is 194 g/mol. The highest BCUT2D eigenvalue weighted by Gasteiger charge is 2.25. The quantitative estimate of drug-likeness (QED) is 0.534. The van der Waals surface area contributed by atoms with Crippen molar-refractivity contribution in [3.8, 4) is 0 Å². The predicted molar refractivity (Wildman–Crippen MR) is 56.4 cm³/mol. The van der Waals surface area contributed by atoms with E-state index in [2.05, 4.69) is 10.6 Å². The Balaban J connectivity index is 2.56. The fourth-order valence-corrected chi connectivity index (χ4v) is 1.50. The molecule has 1 aromatic rings. The van der Waals surface area contributed by atoms with Crippen LogP contribution in [-0.2, 0) is 4.79 Å². The smallest absolute Gasteiger partial charge is 0.256 e. The SMILES string of the molecule is C[C@H]1NC(=O)c2c(N)cccc2NC1=O. The number of hydrogen-bond donors (Lipinski definition) is 3. The number of anilines is 2. The summed E-state index contributed by atoms with van der Waals surface area (Å²) in [7, 11) is 0. The molecule has 0 spiro atoms. The van der Waals surface area contributed by atoms with Crippen LogP contribution >= 0.6 is 0 Å². The lowest BCUT2D eigenvalue weighted by Gasteiger charge is -2.06. The van der Waals surface area contributed by atoms with E-state index in [9.17, 15) is 9.59 Å². The van der Waals surface area contributed by atoms with E-state index in [4.69, 9.17) is 5.73 Å². The molecule has 0 aliphatic carbocycles. The number of amides is 2. The van der Waals surface area contributed by atoms with E-state index in [-0.39, 0.29) is 11.8 Å². The number of carbonyl (C=O) groups is 2. The van der Waals surface area contributed by atoms with Crippen LogP contribution in [0.15, 0.2) is 18.2 Å². The Labute approximate surface area is 86.6 Å². The maximum absolute atomic E-state index is 11.7. The van der Waals surface area contributed by atoms with Crippen LogP contribution in [0.2, 0.25) is 0 Å². The first-order valence-corrected chi connectivity index (χ1v) is 4.60. The molecule has 1 atom stereocenters. The van der Waals surface area contributed by atoms with Crippen LogP contribution in [-0.4, -0.2) is 17.9 Å². The molecule has 0 radical (unpaired) electrons. The monoisotopic (exact) mass is 205 g/mol. The van der Waals surface area contributed by atoms with Crippen LogP contribution in [0.25, 0.3) is 0 Å². The van der Waals surface area contributed by atoms with Gasteiger partial charge in [-0.15, -0.1) is 0 Å². The zero-order chi connectivity index (χ0) is 11.0. The Hall–Kier alpha value is -2.04. The standard InChI is InChI=1S/C10H11N3O2/c1-5-9(14)13-7-4-2-3-6(11)8(7)10(15)12-5/h2-5H,11H2,1H3,(H,12,15)(H,13,14)/t5-/m1/s1. The normalized spacial score (nSPS) is 19.9. The first-order valence-electron chi connectivity index (χ1n) is 4.60. The maximum atomic E-state index is 11.7. The Morgan fingerprint density at radius 1 is 1.33 bits per heavy atom. The van der Waals surface area contributed by atoms with Gasteiger partial charge in [-0.2, -0.15) is 0 Å². The molecule has 0 bridgehead atoms. The van der Waals surface area contributed by atoms with Gasteiger partial charge in [0.2, 0.25) is 5.91 Å². The third-order valence-electron chi connectivity index (χ3n) is 2.32. The number of fused-ring (bicyclic) bond motifs is 1. The first-order chi connectivity index (χ1) is 7.09. The van der Waals surface area contributed by atoms with Crippen LogP contribution in [0.3, 0.4) is 0 Å². The summed E-state index contributed by atoms with van der Waals surface area (Å²) >= 11 is 0. The number of nitrogens with one attached hydrogen (secondary N) is 2. The largest absolute Gasteiger partial charge is 0.398 e. The molecule has 1 heterocycles. The van der Waals surface area contributed by atoms with Gasteiger partial charge in [-0.05, 0) is 19.1 Å². The first kappa shape index (κ1) is 9.51. The number of rotatable bonds is 0. The molecule has 1 aromatic carbocycles. The van der Waals surface area contributed by atoms with Gasteiger partial charge in [0.15, 0.2) is 0 Å². The fraction of sp³-hybridized carbons (Fsp3) is 0.200. The number of nitrogens with two attached hydrogens (primary N) is 1.